The van der Waals surface area contributed by atoms with E-state index >= 15 is 0 Å². The Hall–Kier alpha value is -5.80. The molecule has 308 valence electrons. The first-order valence-corrected chi connectivity index (χ1v) is 18.9. The molecular weight excluding hydrogens is 809 g/mol. The molecule has 0 amide bonds. The van der Waals surface area contributed by atoms with Crippen LogP contribution in [0.15, 0.2) is 73.3 Å². The van der Waals surface area contributed by atoms with E-state index in [0.717, 1.165) is 39.0 Å². The Bertz CT molecular complexity index is 2610. The number of ketones is 1. The highest BCUT2D eigenvalue weighted by atomic mass is 35.5. The van der Waals surface area contributed by atoms with Crippen LogP contribution in [0.1, 0.15) is 82.2 Å². The lowest BCUT2D eigenvalue weighted by Gasteiger charge is -2.19. The molecule has 2 aromatic heterocycles. The monoisotopic (exact) mass is 849 g/mol. The van der Waals surface area contributed by atoms with Crippen molar-refractivity contribution >= 4 is 57.0 Å². The molecule has 0 saturated heterocycles. The van der Waals surface area contributed by atoms with E-state index in [1.165, 1.54) is 29.4 Å². The van der Waals surface area contributed by atoms with Crippen molar-refractivity contribution in [1.82, 2.24) is 19.1 Å². The molecule has 2 unspecified atom stereocenters. The average Bonchev–Trinajstić information content (AvgIpc) is 3.78. The maximum absolute atomic E-state index is 14.1. The number of carboxylic acids is 1. The van der Waals surface area contributed by atoms with Crippen molar-refractivity contribution in [2.75, 3.05) is 0 Å². The molecule has 6 aromatic rings. The minimum Gasteiger partial charge on any atom is -0.480 e. The number of carboxylic acid groups (broad SMARTS) is 1. The summed E-state index contributed by atoms with van der Waals surface area (Å²) in [6, 6.07) is 20.1. The Labute approximate surface area is 348 Å². The normalized spacial score (nSPS) is 12.4. The van der Waals surface area contributed by atoms with E-state index < -0.39 is 46.6 Å². The number of carbonyl (C=O) groups excluding carboxylic acids is 1. The standard InChI is InChI=1S/C22H20ClF2N3O.C12H15ClN2.C9H6F2N2O2/c1-13(14-4-5-16(17(23)9-14)22(2,3)11-26)8-15(29)10-28-12-27-19-7-6-18(24)20(25)21(19)28;1-8(15)9-4-5-10(11(13)6-9)12(2,3)7-14;10-5-1-2-6-9(8(5)11)13(4-12-6)3-7(14)15/h4-7,9,12-13H,8,10H2,1-3H3;4-6,8H,15H2,1-3H3;1-2,4H,3H2,(H,14,15). The Morgan fingerprint density at radius 1 is 0.746 bits per heavy atom. The molecule has 0 aliphatic carbocycles. The summed E-state index contributed by atoms with van der Waals surface area (Å²) in [4.78, 5) is 30.8. The van der Waals surface area contributed by atoms with E-state index in [-0.39, 0.29) is 47.3 Å². The van der Waals surface area contributed by atoms with Crippen molar-refractivity contribution in [3.63, 3.8) is 0 Å². The predicted molar refractivity (Wildman–Crippen MR) is 218 cm³/mol. The average molecular weight is 851 g/mol. The van der Waals surface area contributed by atoms with Crippen LogP contribution in [0.25, 0.3) is 22.1 Å². The first kappa shape index (κ1) is 45.9. The number of hydrogen-bond donors (Lipinski definition) is 2. The van der Waals surface area contributed by atoms with E-state index in [9.17, 15) is 32.4 Å². The molecule has 0 aliphatic heterocycles. The van der Waals surface area contributed by atoms with Crippen LogP contribution in [0.5, 0.6) is 0 Å². The van der Waals surface area contributed by atoms with Crippen molar-refractivity contribution < 1.29 is 32.3 Å². The van der Waals surface area contributed by atoms with Crippen molar-refractivity contribution in [1.29, 1.82) is 10.5 Å². The molecule has 10 nitrogen and oxygen atoms in total. The number of imidazole rings is 2. The Kier molecular flexibility index (Phi) is 14.7. The van der Waals surface area contributed by atoms with E-state index in [1.807, 2.05) is 58.0 Å². The van der Waals surface area contributed by atoms with Gasteiger partial charge in [-0.2, -0.15) is 10.5 Å². The Morgan fingerprint density at radius 3 is 1.58 bits per heavy atom. The zero-order chi connectivity index (χ0) is 44.0. The maximum atomic E-state index is 14.1. The van der Waals surface area contributed by atoms with Gasteiger partial charge >= 0.3 is 5.97 Å². The molecule has 2 heterocycles. The molecule has 4 aromatic carbocycles. The molecule has 0 spiro atoms. The van der Waals surface area contributed by atoms with Gasteiger partial charge < -0.3 is 20.0 Å². The highest BCUT2D eigenvalue weighted by Gasteiger charge is 2.25. The number of nitriles is 2. The van der Waals surface area contributed by atoms with Crippen LogP contribution in [0.4, 0.5) is 17.6 Å². The highest BCUT2D eigenvalue weighted by molar-refractivity contribution is 6.32. The summed E-state index contributed by atoms with van der Waals surface area (Å²) in [7, 11) is 0. The minimum absolute atomic E-state index is 0.0165. The van der Waals surface area contributed by atoms with Gasteiger partial charge in [-0.15, -0.1) is 0 Å². The van der Waals surface area contributed by atoms with Crippen molar-refractivity contribution in [2.24, 2.45) is 5.73 Å². The van der Waals surface area contributed by atoms with Crippen LogP contribution in [0.2, 0.25) is 10.0 Å². The quantitative estimate of drug-likeness (QED) is 0.129. The molecule has 3 N–H and O–H groups in total. The number of Topliss-reactive ketones (excluding diaryl/α,β-unsaturated/α-hetero) is 1. The van der Waals surface area contributed by atoms with E-state index in [2.05, 4.69) is 22.1 Å². The SMILES string of the molecule is CC(CC(=O)Cn1cnc2ccc(F)c(F)c21)c1ccc(C(C)(C)C#N)c(Cl)c1.CC(N)c1ccc(C(C)(C)C#N)c(Cl)c1.O=C(O)Cn1cnc2ccc(F)c(F)c21. The fraction of sp³-hybridized carbons (Fsp3) is 0.302. The van der Waals surface area contributed by atoms with Crippen LogP contribution < -0.4 is 5.73 Å². The zero-order valence-corrected chi connectivity index (χ0v) is 34.5. The molecule has 2 atom stereocenters. The van der Waals surface area contributed by atoms with Crippen LogP contribution in [-0.4, -0.2) is 36.0 Å². The first-order valence-electron chi connectivity index (χ1n) is 18.1. The lowest BCUT2D eigenvalue weighted by atomic mass is 9.84. The Morgan fingerprint density at radius 2 is 1.17 bits per heavy atom. The predicted octanol–water partition coefficient (Wildman–Crippen LogP) is 10.1. The third kappa shape index (κ3) is 10.8. The molecule has 16 heteroatoms. The number of benzene rings is 4. The van der Waals surface area contributed by atoms with Gasteiger partial charge in [-0.05, 0) is 99.2 Å². The second-order valence-electron chi connectivity index (χ2n) is 15.0. The first-order chi connectivity index (χ1) is 27.6. The van der Waals surface area contributed by atoms with Gasteiger partial charge in [0.05, 0.1) is 53.2 Å². The highest BCUT2D eigenvalue weighted by Crippen LogP contribution is 2.33. The summed E-state index contributed by atoms with van der Waals surface area (Å²) < 4.78 is 56.2. The van der Waals surface area contributed by atoms with Crippen LogP contribution in [0.3, 0.4) is 0 Å². The molecule has 0 fully saturated rings. The van der Waals surface area contributed by atoms with E-state index in [0.29, 0.717) is 15.6 Å². The topological polar surface area (TPSA) is 164 Å². The van der Waals surface area contributed by atoms with E-state index in [1.54, 1.807) is 19.9 Å². The molecule has 6 rings (SSSR count). The number of nitrogens with two attached hydrogens (primary N) is 1. The number of fused-ring (bicyclic) bond motifs is 2. The summed E-state index contributed by atoms with van der Waals surface area (Å²) in [6.45, 7) is 10.5. The second-order valence-corrected chi connectivity index (χ2v) is 15.8. The number of carbonyl (C=O) groups is 2. The fourth-order valence-electron chi connectivity index (χ4n) is 6.08. The van der Waals surface area contributed by atoms with Crippen molar-refractivity contribution in [3.05, 3.63) is 129 Å². The van der Waals surface area contributed by atoms with E-state index in [4.69, 9.17) is 39.3 Å². The third-order valence-electron chi connectivity index (χ3n) is 9.52. The third-order valence-corrected chi connectivity index (χ3v) is 10.1. The number of rotatable bonds is 10. The molecule has 0 bridgehead atoms. The van der Waals surface area contributed by atoms with Crippen molar-refractivity contribution in [2.45, 2.75) is 83.8 Å². The van der Waals surface area contributed by atoms with Gasteiger partial charge in [-0.25, -0.2) is 27.5 Å². The van der Waals surface area contributed by atoms with Gasteiger partial charge in [-0.3, -0.25) is 9.59 Å². The summed E-state index contributed by atoms with van der Waals surface area (Å²) in [5, 5.41) is 27.9. The fourth-order valence-corrected chi connectivity index (χ4v) is 6.93. The second kappa shape index (κ2) is 18.9. The summed E-state index contributed by atoms with van der Waals surface area (Å²) in [5.74, 6) is -5.49. The summed E-state index contributed by atoms with van der Waals surface area (Å²) >= 11 is 12.5. The van der Waals surface area contributed by atoms with Gasteiger partial charge in [0.2, 0.25) is 0 Å². The molecular formula is C43H41Cl2F4N7O3. The minimum atomic E-state index is -1.14. The van der Waals surface area contributed by atoms with Gasteiger partial charge in [0.15, 0.2) is 29.1 Å². The van der Waals surface area contributed by atoms with Gasteiger partial charge in [0, 0.05) is 22.5 Å². The summed E-state index contributed by atoms with van der Waals surface area (Å²) in [6.07, 6.45) is 2.71. The maximum Gasteiger partial charge on any atom is 0.323 e. The van der Waals surface area contributed by atoms with Crippen LogP contribution in [-0.2, 0) is 33.5 Å². The van der Waals surface area contributed by atoms with Gasteiger partial charge in [0.25, 0.3) is 0 Å². The summed E-state index contributed by atoms with van der Waals surface area (Å²) in [5.41, 5.74) is 8.29. The molecule has 0 aliphatic rings. The Balaban J connectivity index is 0.000000215. The number of hydrogen-bond acceptors (Lipinski definition) is 7. The molecule has 0 saturated carbocycles. The van der Waals surface area contributed by atoms with Crippen molar-refractivity contribution in [3.8, 4) is 12.1 Å². The molecule has 59 heavy (non-hydrogen) atoms. The van der Waals surface area contributed by atoms with Crippen LogP contribution in [0, 0.1) is 45.9 Å². The van der Waals surface area contributed by atoms with Gasteiger partial charge in [0.1, 0.15) is 17.6 Å². The number of nitrogens with zero attached hydrogens (tertiary/aromatic N) is 6. The number of aliphatic carboxylic acids is 1. The number of halogens is 6. The largest absolute Gasteiger partial charge is 0.480 e. The lowest BCUT2D eigenvalue weighted by Crippen LogP contribution is -2.15. The zero-order valence-electron chi connectivity index (χ0n) is 33.0. The smallest absolute Gasteiger partial charge is 0.323 e. The molecule has 0 radical (unpaired) electrons. The number of aromatic nitrogens is 4. The lowest BCUT2D eigenvalue weighted by molar-refractivity contribution is -0.137. The van der Waals surface area contributed by atoms with Gasteiger partial charge in [-0.1, -0.05) is 54.4 Å². The van der Waals surface area contributed by atoms with Crippen LogP contribution >= 0.6 is 23.2 Å².